The van der Waals surface area contributed by atoms with Crippen molar-refractivity contribution in [2.45, 2.75) is 6.92 Å². The van der Waals surface area contributed by atoms with Crippen LogP contribution in [0.5, 0.6) is 5.75 Å². The zero-order valence-corrected chi connectivity index (χ0v) is 9.29. The van der Waals surface area contributed by atoms with Gasteiger partial charge in [0, 0.05) is 12.1 Å². The number of hydrogen-bond donors (Lipinski definition) is 1. The second-order valence-electron chi connectivity index (χ2n) is 2.73. The first-order chi connectivity index (χ1) is 7.44. The predicted octanol–water partition coefficient (Wildman–Crippen LogP) is 2.11. The summed E-state index contributed by atoms with van der Waals surface area (Å²) in [6.45, 7) is 1.57. The average Bonchev–Trinajstić information content (AvgIpc) is 2.17. The van der Waals surface area contributed by atoms with Crippen molar-refractivity contribution >= 4 is 13.5 Å². The number of rotatable bonds is 5. The Morgan fingerprint density at radius 2 is 2.00 bits per heavy atom. The Hall–Kier alpha value is -1.43. The summed E-state index contributed by atoms with van der Waals surface area (Å²) in [5.74, 6) is 0.0323. The molecule has 0 fully saturated rings. The van der Waals surface area contributed by atoms with E-state index >= 15 is 0 Å². The van der Waals surface area contributed by atoms with Crippen molar-refractivity contribution in [1.82, 2.24) is 0 Å². The summed E-state index contributed by atoms with van der Waals surface area (Å²) in [6.07, 6.45) is 0. The molecule has 88 valence electrons. The van der Waals surface area contributed by atoms with Gasteiger partial charge in [0.15, 0.2) is 0 Å². The maximum absolute atomic E-state index is 11.2. The topological polar surface area (TPSA) is 98.9 Å². The highest BCUT2D eigenvalue weighted by molar-refractivity contribution is 7.47. The van der Waals surface area contributed by atoms with Gasteiger partial charge in [-0.3, -0.25) is 19.5 Å². The van der Waals surface area contributed by atoms with Gasteiger partial charge in [0.1, 0.15) is 5.75 Å². The van der Waals surface area contributed by atoms with E-state index in [2.05, 4.69) is 9.05 Å². The van der Waals surface area contributed by atoms with E-state index in [1.54, 1.807) is 6.92 Å². The minimum Gasteiger partial charge on any atom is -0.404 e. The highest BCUT2D eigenvalue weighted by Gasteiger charge is 2.22. The highest BCUT2D eigenvalue weighted by Crippen LogP contribution is 2.43. The van der Waals surface area contributed by atoms with Crippen LogP contribution in [0, 0.1) is 10.1 Å². The lowest BCUT2D eigenvalue weighted by Gasteiger charge is -2.11. The SMILES string of the molecule is CCOP(=O)(O)Oc1ccc([N+](=O)[O-])cc1. The fraction of sp³-hybridized carbons (Fsp3) is 0.250. The van der Waals surface area contributed by atoms with Gasteiger partial charge < -0.3 is 4.52 Å². The average molecular weight is 247 g/mol. The van der Waals surface area contributed by atoms with Crippen LogP contribution in [0.25, 0.3) is 0 Å². The van der Waals surface area contributed by atoms with Crippen molar-refractivity contribution in [3.05, 3.63) is 34.4 Å². The molecule has 7 nitrogen and oxygen atoms in total. The molecule has 1 N–H and O–H groups in total. The van der Waals surface area contributed by atoms with E-state index in [0.29, 0.717) is 0 Å². The summed E-state index contributed by atoms with van der Waals surface area (Å²) in [5, 5.41) is 10.3. The Labute approximate surface area is 91.4 Å². The Kier molecular flexibility index (Phi) is 4.00. The molecule has 0 aliphatic rings. The van der Waals surface area contributed by atoms with Gasteiger partial charge in [0.2, 0.25) is 0 Å². The van der Waals surface area contributed by atoms with Gasteiger partial charge in [-0.05, 0) is 19.1 Å². The van der Waals surface area contributed by atoms with E-state index in [1.165, 1.54) is 24.3 Å². The first-order valence-corrected chi connectivity index (χ1v) is 5.85. The second-order valence-corrected chi connectivity index (χ2v) is 4.11. The lowest BCUT2D eigenvalue weighted by molar-refractivity contribution is -0.384. The van der Waals surface area contributed by atoms with E-state index < -0.39 is 12.7 Å². The fourth-order valence-corrected chi connectivity index (χ4v) is 1.72. The third-order valence-corrected chi connectivity index (χ3v) is 2.59. The summed E-state index contributed by atoms with van der Waals surface area (Å²) in [7, 11) is -4.12. The van der Waals surface area contributed by atoms with Crippen molar-refractivity contribution in [3.8, 4) is 5.75 Å². The zero-order chi connectivity index (χ0) is 12.2. The largest absolute Gasteiger partial charge is 0.527 e. The fourth-order valence-electron chi connectivity index (χ4n) is 0.951. The summed E-state index contributed by atoms with van der Waals surface area (Å²) in [5.41, 5.74) is -0.128. The van der Waals surface area contributed by atoms with Crippen molar-refractivity contribution in [3.63, 3.8) is 0 Å². The zero-order valence-electron chi connectivity index (χ0n) is 8.40. The number of phosphoric acid groups is 1. The van der Waals surface area contributed by atoms with Crippen LogP contribution in [-0.4, -0.2) is 16.4 Å². The van der Waals surface area contributed by atoms with Gasteiger partial charge in [-0.15, -0.1) is 0 Å². The summed E-state index contributed by atoms with van der Waals surface area (Å²) in [6, 6.07) is 4.78. The number of non-ortho nitro benzene ring substituents is 1. The quantitative estimate of drug-likeness (QED) is 0.486. The van der Waals surface area contributed by atoms with E-state index in [9.17, 15) is 14.7 Å². The van der Waals surface area contributed by atoms with Crippen LogP contribution < -0.4 is 4.52 Å². The first kappa shape index (κ1) is 12.6. The van der Waals surface area contributed by atoms with Gasteiger partial charge in [0.25, 0.3) is 5.69 Å². The number of phosphoric ester groups is 1. The summed E-state index contributed by atoms with van der Waals surface area (Å²) < 4.78 is 20.3. The van der Waals surface area contributed by atoms with Crippen LogP contribution in [0.2, 0.25) is 0 Å². The molecule has 0 aliphatic heterocycles. The van der Waals surface area contributed by atoms with E-state index in [1.807, 2.05) is 0 Å². The standard InChI is InChI=1S/C8H10NO6P/c1-2-14-16(12,13)15-8-5-3-7(4-6-8)9(10)11/h3-6H,2H2,1H3,(H,12,13). The maximum Gasteiger partial charge on any atom is 0.527 e. The number of nitrogens with zero attached hydrogens (tertiary/aromatic N) is 1. The summed E-state index contributed by atoms with van der Waals surface area (Å²) >= 11 is 0. The molecule has 0 aromatic heterocycles. The Bertz CT molecular complexity index is 417. The second kappa shape index (κ2) is 5.07. The molecule has 0 aliphatic carbocycles. The minimum absolute atomic E-state index is 0.0285. The van der Waals surface area contributed by atoms with Gasteiger partial charge in [-0.1, -0.05) is 0 Å². The van der Waals surface area contributed by atoms with Gasteiger partial charge in [-0.25, -0.2) is 4.57 Å². The molecule has 16 heavy (non-hydrogen) atoms. The highest BCUT2D eigenvalue weighted by atomic mass is 31.2. The molecule has 0 heterocycles. The number of nitro benzene ring substituents is 1. The molecule has 1 atom stereocenters. The Balaban J connectivity index is 2.76. The molecule has 0 amide bonds. The van der Waals surface area contributed by atoms with Crippen LogP contribution in [-0.2, 0) is 9.09 Å². The van der Waals surface area contributed by atoms with Gasteiger partial charge >= 0.3 is 7.82 Å². The smallest absolute Gasteiger partial charge is 0.404 e. The third kappa shape index (κ3) is 3.62. The molecule has 1 aromatic carbocycles. The third-order valence-electron chi connectivity index (χ3n) is 1.56. The molecule has 1 rings (SSSR count). The van der Waals surface area contributed by atoms with E-state index in [0.717, 1.165) is 0 Å². The maximum atomic E-state index is 11.2. The molecular formula is C8H10NO6P. The van der Waals surface area contributed by atoms with Crippen LogP contribution in [0.4, 0.5) is 5.69 Å². The van der Waals surface area contributed by atoms with E-state index in [4.69, 9.17) is 4.89 Å². The lowest BCUT2D eigenvalue weighted by atomic mass is 10.3. The van der Waals surface area contributed by atoms with Crippen molar-refractivity contribution in [2.24, 2.45) is 0 Å². The molecule has 0 spiro atoms. The molecule has 0 bridgehead atoms. The normalized spacial score (nSPS) is 14.1. The van der Waals surface area contributed by atoms with Crippen LogP contribution in [0.3, 0.4) is 0 Å². The Morgan fingerprint density at radius 1 is 1.44 bits per heavy atom. The lowest BCUT2D eigenvalue weighted by Crippen LogP contribution is -1.97. The van der Waals surface area contributed by atoms with E-state index in [-0.39, 0.29) is 18.0 Å². The van der Waals surface area contributed by atoms with Gasteiger partial charge in [-0.2, -0.15) is 0 Å². The van der Waals surface area contributed by atoms with Crippen molar-refractivity contribution in [2.75, 3.05) is 6.61 Å². The molecule has 1 aromatic rings. The molecule has 0 radical (unpaired) electrons. The Morgan fingerprint density at radius 3 is 2.44 bits per heavy atom. The minimum atomic E-state index is -4.12. The monoisotopic (exact) mass is 247 g/mol. The van der Waals surface area contributed by atoms with Crippen LogP contribution in [0.15, 0.2) is 24.3 Å². The van der Waals surface area contributed by atoms with Crippen molar-refractivity contribution < 1.29 is 23.4 Å². The predicted molar refractivity (Wildman–Crippen MR) is 55.2 cm³/mol. The van der Waals surface area contributed by atoms with Crippen LogP contribution in [0.1, 0.15) is 6.92 Å². The molecule has 0 saturated carbocycles. The first-order valence-electron chi connectivity index (χ1n) is 4.36. The number of nitro groups is 1. The van der Waals surface area contributed by atoms with Gasteiger partial charge in [0.05, 0.1) is 11.5 Å². The molecular weight excluding hydrogens is 237 g/mol. The van der Waals surface area contributed by atoms with Crippen LogP contribution >= 0.6 is 7.82 Å². The number of benzene rings is 1. The van der Waals surface area contributed by atoms with Crippen molar-refractivity contribution in [1.29, 1.82) is 0 Å². The molecule has 0 saturated heterocycles. The molecule has 1 unspecified atom stereocenters. The summed E-state index contributed by atoms with van der Waals surface area (Å²) in [4.78, 5) is 18.9. The number of hydrogen-bond acceptors (Lipinski definition) is 5. The molecule has 8 heteroatoms.